The normalized spacial score (nSPS) is 12.7. The maximum atomic E-state index is 6.31. The van der Waals surface area contributed by atoms with Gasteiger partial charge in [0.05, 0.1) is 12.1 Å². The average molecular weight is 261 g/mol. The summed E-state index contributed by atoms with van der Waals surface area (Å²) in [6.45, 7) is 6.15. The van der Waals surface area contributed by atoms with Gasteiger partial charge < -0.3 is 10.5 Å². The van der Waals surface area contributed by atoms with Crippen molar-refractivity contribution < 1.29 is 4.74 Å². The van der Waals surface area contributed by atoms with Gasteiger partial charge in [-0.2, -0.15) is 0 Å². The van der Waals surface area contributed by atoms with Crippen molar-refractivity contribution in [2.45, 2.75) is 32.9 Å². The number of ether oxygens (including phenoxy) is 1. The first-order valence-corrected chi connectivity index (χ1v) is 7.02. The van der Waals surface area contributed by atoms with E-state index in [0.29, 0.717) is 0 Å². The Morgan fingerprint density at radius 3 is 2.61 bits per heavy atom. The van der Waals surface area contributed by atoms with E-state index in [9.17, 15) is 0 Å². The zero-order valence-corrected chi connectivity index (χ0v) is 11.8. The average Bonchev–Trinajstić information content (AvgIpc) is 2.74. The van der Waals surface area contributed by atoms with Crippen LogP contribution in [0.15, 0.2) is 35.7 Å². The highest BCUT2D eigenvalue weighted by atomic mass is 32.1. The number of aryl methyl sites for hydroxylation is 1. The van der Waals surface area contributed by atoms with Crippen LogP contribution in [0.25, 0.3) is 0 Å². The van der Waals surface area contributed by atoms with Gasteiger partial charge in [-0.25, -0.2) is 0 Å². The molecule has 0 aliphatic heterocycles. The molecule has 96 valence electrons. The second kappa shape index (κ2) is 5.55. The topological polar surface area (TPSA) is 35.2 Å². The highest BCUT2D eigenvalue weighted by Crippen LogP contribution is 2.28. The first kappa shape index (κ1) is 13.1. The van der Waals surface area contributed by atoms with E-state index in [4.69, 9.17) is 10.5 Å². The Morgan fingerprint density at radius 2 is 2.00 bits per heavy atom. The molecule has 0 saturated carbocycles. The Bertz CT molecular complexity index is 519. The van der Waals surface area contributed by atoms with Gasteiger partial charge >= 0.3 is 0 Å². The van der Waals surface area contributed by atoms with Crippen LogP contribution in [0.5, 0.6) is 5.75 Å². The quantitative estimate of drug-likeness (QED) is 0.906. The van der Waals surface area contributed by atoms with Crippen molar-refractivity contribution in [2.75, 3.05) is 0 Å². The SMILES string of the molecule is Cc1sccc1C(N)c1cccc(OC(C)C)c1. The Morgan fingerprint density at radius 1 is 1.22 bits per heavy atom. The molecule has 0 amide bonds. The number of nitrogens with two attached hydrogens (primary N) is 1. The zero-order valence-electron chi connectivity index (χ0n) is 11.0. The molecular weight excluding hydrogens is 242 g/mol. The minimum Gasteiger partial charge on any atom is -0.491 e. The van der Waals surface area contributed by atoms with Crippen LogP contribution in [-0.2, 0) is 0 Å². The van der Waals surface area contributed by atoms with E-state index < -0.39 is 0 Å². The molecule has 1 atom stereocenters. The van der Waals surface area contributed by atoms with E-state index in [1.54, 1.807) is 11.3 Å². The van der Waals surface area contributed by atoms with E-state index in [1.165, 1.54) is 10.4 Å². The van der Waals surface area contributed by atoms with Crippen LogP contribution in [0.1, 0.15) is 35.9 Å². The summed E-state index contributed by atoms with van der Waals surface area (Å²) >= 11 is 1.73. The maximum Gasteiger partial charge on any atom is 0.120 e. The minimum atomic E-state index is -0.0769. The third kappa shape index (κ3) is 2.92. The van der Waals surface area contributed by atoms with Gasteiger partial charge in [-0.15, -0.1) is 11.3 Å². The molecule has 0 spiro atoms. The Hall–Kier alpha value is -1.32. The lowest BCUT2D eigenvalue weighted by Gasteiger charge is -2.15. The standard InChI is InChI=1S/C15H19NOS/c1-10(2)17-13-6-4-5-12(9-13)15(16)14-7-8-18-11(14)3/h4-10,15H,16H2,1-3H3. The molecule has 0 radical (unpaired) electrons. The van der Waals surface area contributed by atoms with Crippen LogP contribution in [0.2, 0.25) is 0 Å². The molecule has 3 heteroatoms. The van der Waals surface area contributed by atoms with Crippen molar-refractivity contribution >= 4 is 11.3 Å². The third-order valence-corrected chi connectivity index (χ3v) is 3.68. The summed E-state index contributed by atoms with van der Waals surface area (Å²) in [5, 5.41) is 2.08. The first-order chi connectivity index (χ1) is 8.58. The first-order valence-electron chi connectivity index (χ1n) is 6.14. The molecule has 2 aromatic rings. The molecule has 2 rings (SSSR count). The molecule has 2 N–H and O–H groups in total. The Kier molecular flexibility index (Phi) is 4.04. The van der Waals surface area contributed by atoms with Gasteiger partial charge in [0.1, 0.15) is 5.75 Å². The molecule has 1 aromatic carbocycles. The summed E-state index contributed by atoms with van der Waals surface area (Å²) in [7, 11) is 0. The lowest BCUT2D eigenvalue weighted by Crippen LogP contribution is -2.12. The number of hydrogen-bond donors (Lipinski definition) is 1. The summed E-state index contributed by atoms with van der Waals surface area (Å²) in [5.74, 6) is 0.880. The third-order valence-electron chi connectivity index (χ3n) is 2.82. The van der Waals surface area contributed by atoms with Gasteiger partial charge in [0.2, 0.25) is 0 Å². The summed E-state index contributed by atoms with van der Waals surface area (Å²) < 4.78 is 5.70. The highest BCUT2D eigenvalue weighted by Gasteiger charge is 2.13. The van der Waals surface area contributed by atoms with Gasteiger partial charge in [-0.1, -0.05) is 12.1 Å². The van der Waals surface area contributed by atoms with E-state index >= 15 is 0 Å². The van der Waals surface area contributed by atoms with Gasteiger partial charge in [-0.05, 0) is 55.5 Å². The molecule has 0 aliphatic rings. The van der Waals surface area contributed by atoms with Crippen LogP contribution in [0, 0.1) is 6.92 Å². The summed E-state index contributed by atoms with van der Waals surface area (Å²) in [5.41, 5.74) is 8.60. The number of hydrogen-bond acceptors (Lipinski definition) is 3. The Labute approximate surface area is 112 Å². The predicted octanol–water partition coefficient (Wildman–Crippen LogP) is 3.89. The van der Waals surface area contributed by atoms with Crippen LogP contribution in [0.3, 0.4) is 0 Å². The molecule has 18 heavy (non-hydrogen) atoms. The van der Waals surface area contributed by atoms with Crippen LogP contribution >= 0.6 is 11.3 Å². The second-order valence-corrected chi connectivity index (χ2v) is 5.77. The smallest absolute Gasteiger partial charge is 0.120 e. The highest BCUT2D eigenvalue weighted by molar-refractivity contribution is 7.10. The second-order valence-electron chi connectivity index (χ2n) is 4.65. The van der Waals surface area contributed by atoms with Crippen molar-refractivity contribution in [3.05, 3.63) is 51.7 Å². The zero-order chi connectivity index (χ0) is 13.1. The van der Waals surface area contributed by atoms with Gasteiger partial charge in [0.15, 0.2) is 0 Å². The largest absolute Gasteiger partial charge is 0.491 e. The summed E-state index contributed by atoms with van der Waals surface area (Å²) in [4.78, 5) is 1.28. The van der Waals surface area contributed by atoms with Crippen molar-refractivity contribution in [3.63, 3.8) is 0 Å². The molecule has 1 aromatic heterocycles. The molecule has 0 fully saturated rings. The molecule has 2 nitrogen and oxygen atoms in total. The Balaban J connectivity index is 2.25. The molecular formula is C15H19NOS. The summed E-state index contributed by atoms with van der Waals surface area (Å²) in [6, 6.07) is 10.1. The molecule has 0 saturated heterocycles. The fraction of sp³-hybridized carbons (Fsp3) is 0.333. The predicted molar refractivity (Wildman–Crippen MR) is 77.3 cm³/mol. The summed E-state index contributed by atoms with van der Waals surface area (Å²) in [6.07, 6.45) is 0.180. The number of thiophene rings is 1. The monoisotopic (exact) mass is 261 g/mol. The number of benzene rings is 1. The van der Waals surface area contributed by atoms with Gasteiger partial charge in [0, 0.05) is 4.88 Å². The lowest BCUT2D eigenvalue weighted by molar-refractivity contribution is 0.242. The fourth-order valence-corrected chi connectivity index (χ4v) is 2.70. The van der Waals surface area contributed by atoms with Crippen LogP contribution in [0.4, 0.5) is 0 Å². The fourth-order valence-electron chi connectivity index (χ4n) is 1.95. The van der Waals surface area contributed by atoms with E-state index in [-0.39, 0.29) is 12.1 Å². The minimum absolute atomic E-state index is 0.0769. The van der Waals surface area contributed by atoms with Gasteiger partial charge in [0.25, 0.3) is 0 Å². The number of rotatable bonds is 4. The lowest BCUT2D eigenvalue weighted by atomic mass is 10.0. The maximum absolute atomic E-state index is 6.31. The molecule has 1 unspecified atom stereocenters. The molecule has 0 aliphatic carbocycles. The van der Waals surface area contributed by atoms with E-state index in [2.05, 4.69) is 24.4 Å². The van der Waals surface area contributed by atoms with Crippen molar-refractivity contribution in [3.8, 4) is 5.75 Å². The van der Waals surface area contributed by atoms with Crippen molar-refractivity contribution in [1.29, 1.82) is 0 Å². The van der Waals surface area contributed by atoms with Crippen LogP contribution < -0.4 is 10.5 Å². The van der Waals surface area contributed by atoms with Crippen molar-refractivity contribution in [1.82, 2.24) is 0 Å². The van der Waals surface area contributed by atoms with Crippen molar-refractivity contribution in [2.24, 2.45) is 5.73 Å². The molecule has 0 bridgehead atoms. The van der Waals surface area contributed by atoms with Gasteiger partial charge in [-0.3, -0.25) is 0 Å². The van der Waals surface area contributed by atoms with Crippen LogP contribution in [-0.4, -0.2) is 6.10 Å². The molecule has 1 heterocycles. The van der Waals surface area contributed by atoms with E-state index in [0.717, 1.165) is 11.3 Å². The van der Waals surface area contributed by atoms with E-state index in [1.807, 2.05) is 32.0 Å².